The Hall–Kier alpha value is -0.700. The second kappa shape index (κ2) is 3.62. The maximum atomic E-state index is 12.6. The molecule has 11 heavy (non-hydrogen) atoms. The Labute approximate surface area is 70.8 Å². The fourth-order valence-corrected chi connectivity index (χ4v) is 1.15. The molecule has 0 saturated heterocycles. The zero-order valence-electron chi connectivity index (χ0n) is 6.05. The van der Waals surface area contributed by atoms with E-state index < -0.39 is 0 Å². The summed E-state index contributed by atoms with van der Waals surface area (Å²) in [5.74, 6) is 0.448. The van der Waals surface area contributed by atoms with E-state index in [-0.39, 0.29) is 5.82 Å². The molecule has 0 unspecified atom stereocenters. The lowest BCUT2D eigenvalue weighted by molar-refractivity contribution is 0.626. The van der Waals surface area contributed by atoms with Gasteiger partial charge in [-0.15, -0.1) is 0 Å². The van der Waals surface area contributed by atoms with Crippen LogP contribution in [0.4, 0.5) is 10.1 Å². The first-order valence-electron chi connectivity index (χ1n) is 3.39. The van der Waals surface area contributed by atoms with Gasteiger partial charge in [0.15, 0.2) is 0 Å². The molecule has 0 aliphatic carbocycles. The molecule has 0 saturated carbocycles. The Balaban J connectivity index is 2.93. The summed E-state index contributed by atoms with van der Waals surface area (Å²) in [6, 6.07) is 4.39. The Bertz CT molecular complexity index is 250. The largest absolute Gasteiger partial charge is 0.399 e. The number of hydrogen-bond acceptors (Lipinski definition) is 2. The third kappa shape index (κ3) is 2.12. The fourth-order valence-electron chi connectivity index (χ4n) is 0.911. The van der Waals surface area contributed by atoms with Crippen molar-refractivity contribution in [3.8, 4) is 0 Å². The van der Waals surface area contributed by atoms with Gasteiger partial charge in [-0.3, -0.25) is 0 Å². The van der Waals surface area contributed by atoms with Crippen molar-refractivity contribution < 1.29 is 4.39 Å². The van der Waals surface area contributed by atoms with Crippen LogP contribution in [-0.2, 0) is 6.42 Å². The van der Waals surface area contributed by atoms with Gasteiger partial charge < -0.3 is 5.73 Å². The maximum Gasteiger partial charge on any atom is 0.123 e. The summed E-state index contributed by atoms with van der Waals surface area (Å²) in [5.41, 5.74) is 7.05. The average Bonchev–Trinajstić information content (AvgIpc) is 1.98. The summed E-state index contributed by atoms with van der Waals surface area (Å²) in [5, 5.41) is 0. The lowest BCUT2D eigenvalue weighted by Gasteiger charge is -2.02. The summed E-state index contributed by atoms with van der Waals surface area (Å²) < 4.78 is 12.6. The number of anilines is 1. The zero-order chi connectivity index (χ0) is 8.27. The van der Waals surface area contributed by atoms with Gasteiger partial charge in [-0.1, -0.05) is 0 Å². The molecule has 0 bridgehead atoms. The van der Waals surface area contributed by atoms with Gasteiger partial charge in [0.1, 0.15) is 5.82 Å². The van der Waals surface area contributed by atoms with Crippen molar-refractivity contribution in [2.45, 2.75) is 6.42 Å². The predicted octanol–water partition coefficient (Wildman–Crippen LogP) is 1.88. The van der Waals surface area contributed by atoms with Gasteiger partial charge in [0.05, 0.1) is 0 Å². The summed E-state index contributed by atoms with van der Waals surface area (Å²) in [6.45, 7) is 0. The highest BCUT2D eigenvalue weighted by molar-refractivity contribution is 7.80. The molecule has 3 heteroatoms. The minimum absolute atomic E-state index is 0.240. The lowest BCUT2D eigenvalue weighted by atomic mass is 10.1. The van der Waals surface area contributed by atoms with Crippen molar-refractivity contribution >= 4 is 18.3 Å². The van der Waals surface area contributed by atoms with Crippen molar-refractivity contribution in [1.29, 1.82) is 0 Å². The molecule has 2 N–H and O–H groups in total. The molecule has 0 aliphatic heterocycles. The van der Waals surface area contributed by atoms with Crippen LogP contribution in [-0.4, -0.2) is 5.75 Å². The molecule has 1 aromatic rings. The fraction of sp³-hybridized carbons (Fsp3) is 0.250. The van der Waals surface area contributed by atoms with Gasteiger partial charge in [0, 0.05) is 5.69 Å². The Morgan fingerprint density at radius 1 is 1.45 bits per heavy atom. The van der Waals surface area contributed by atoms with Crippen LogP contribution < -0.4 is 5.73 Å². The number of halogens is 1. The highest BCUT2D eigenvalue weighted by atomic mass is 32.1. The first-order chi connectivity index (χ1) is 5.24. The van der Waals surface area contributed by atoms with Gasteiger partial charge in [0.2, 0.25) is 0 Å². The summed E-state index contributed by atoms with van der Waals surface area (Å²) in [6.07, 6.45) is 0.715. The number of benzene rings is 1. The highest BCUT2D eigenvalue weighted by Gasteiger charge is 1.98. The third-order valence-corrected chi connectivity index (χ3v) is 1.71. The van der Waals surface area contributed by atoms with E-state index in [2.05, 4.69) is 12.6 Å². The number of aryl methyl sites for hydroxylation is 1. The number of nitrogens with two attached hydrogens (primary N) is 1. The van der Waals surface area contributed by atoms with Crippen molar-refractivity contribution in [3.05, 3.63) is 29.6 Å². The Morgan fingerprint density at radius 2 is 2.18 bits per heavy atom. The SMILES string of the molecule is Nc1ccc(F)cc1CCS. The molecule has 0 aliphatic rings. The minimum atomic E-state index is -0.240. The zero-order valence-corrected chi connectivity index (χ0v) is 6.94. The van der Waals surface area contributed by atoms with Gasteiger partial charge in [-0.05, 0) is 35.9 Å². The van der Waals surface area contributed by atoms with Crippen LogP contribution in [0.5, 0.6) is 0 Å². The van der Waals surface area contributed by atoms with Crippen molar-refractivity contribution in [2.75, 3.05) is 11.5 Å². The number of thiol groups is 1. The topological polar surface area (TPSA) is 26.0 Å². The second-order valence-electron chi connectivity index (χ2n) is 2.32. The summed E-state index contributed by atoms with van der Waals surface area (Å²) >= 11 is 4.04. The first kappa shape index (κ1) is 8.40. The number of nitrogen functional groups attached to an aromatic ring is 1. The molecule has 0 fully saturated rings. The first-order valence-corrected chi connectivity index (χ1v) is 4.02. The van der Waals surface area contributed by atoms with Crippen molar-refractivity contribution in [1.82, 2.24) is 0 Å². The lowest BCUT2D eigenvalue weighted by Crippen LogP contribution is -1.95. The standard InChI is InChI=1S/C8H10FNS/c9-7-1-2-8(10)6(5-7)3-4-11/h1-2,5,11H,3-4,10H2. The van der Waals surface area contributed by atoms with E-state index >= 15 is 0 Å². The van der Waals surface area contributed by atoms with Gasteiger partial charge in [0.25, 0.3) is 0 Å². The van der Waals surface area contributed by atoms with E-state index in [0.717, 1.165) is 5.56 Å². The molecule has 0 spiro atoms. The molecule has 1 aromatic carbocycles. The van der Waals surface area contributed by atoms with Gasteiger partial charge in [-0.2, -0.15) is 12.6 Å². The smallest absolute Gasteiger partial charge is 0.123 e. The van der Waals surface area contributed by atoms with Crippen LogP contribution in [0.15, 0.2) is 18.2 Å². The highest BCUT2D eigenvalue weighted by Crippen LogP contribution is 2.13. The second-order valence-corrected chi connectivity index (χ2v) is 2.76. The quantitative estimate of drug-likeness (QED) is 0.515. The number of rotatable bonds is 2. The maximum absolute atomic E-state index is 12.6. The normalized spacial score (nSPS) is 10.0. The minimum Gasteiger partial charge on any atom is -0.399 e. The molecule has 0 aromatic heterocycles. The van der Waals surface area contributed by atoms with Crippen LogP contribution in [0, 0.1) is 5.82 Å². The average molecular weight is 171 g/mol. The Morgan fingerprint density at radius 3 is 2.82 bits per heavy atom. The van der Waals surface area contributed by atoms with Crippen molar-refractivity contribution in [3.63, 3.8) is 0 Å². The van der Waals surface area contributed by atoms with Gasteiger partial charge in [-0.25, -0.2) is 4.39 Å². The molecule has 60 valence electrons. The molecule has 0 amide bonds. The third-order valence-electron chi connectivity index (χ3n) is 1.49. The Kier molecular flexibility index (Phi) is 2.76. The van der Waals surface area contributed by atoms with Crippen LogP contribution in [0.25, 0.3) is 0 Å². The van der Waals surface area contributed by atoms with Gasteiger partial charge >= 0.3 is 0 Å². The van der Waals surface area contributed by atoms with Crippen LogP contribution >= 0.6 is 12.6 Å². The van der Waals surface area contributed by atoms with E-state index in [9.17, 15) is 4.39 Å². The van der Waals surface area contributed by atoms with Crippen molar-refractivity contribution in [2.24, 2.45) is 0 Å². The molecule has 1 nitrogen and oxygen atoms in total. The molecule has 0 radical (unpaired) electrons. The van der Waals surface area contributed by atoms with Crippen LogP contribution in [0.2, 0.25) is 0 Å². The van der Waals surface area contributed by atoms with E-state index in [1.165, 1.54) is 12.1 Å². The summed E-state index contributed by atoms with van der Waals surface area (Å²) in [4.78, 5) is 0. The summed E-state index contributed by atoms with van der Waals surface area (Å²) in [7, 11) is 0. The molecular weight excluding hydrogens is 161 g/mol. The number of hydrogen-bond donors (Lipinski definition) is 2. The monoisotopic (exact) mass is 171 g/mol. The van der Waals surface area contributed by atoms with Crippen LogP contribution in [0.1, 0.15) is 5.56 Å². The molecule has 1 rings (SSSR count). The van der Waals surface area contributed by atoms with E-state index in [0.29, 0.717) is 17.9 Å². The predicted molar refractivity (Wildman–Crippen MR) is 48.4 cm³/mol. The molecular formula is C8H10FNS. The van der Waals surface area contributed by atoms with E-state index in [1.807, 2.05) is 0 Å². The van der Waals surface area contributed by atoms with E-state index in [1.54, 1.807) is 6.07 Å². The van der Waals surface area contributed by atoms with Crippen LogP contribution in [0.3, 0.4) is 0 Å². The molecule has 0 atom stereocenters. The molecule has 0 heterocycles. The van der Waals surface area contributed by atoms with E-state index in [4.69, 9.17) is 5.73 Å².